The van der Waals surface area contributed by atoms with Gasteiger partial charge in [0.25, 0.3) is 5.91 Å². The van der Waals surface area contributed by atoms with Gasteiger partial charge >= 0.3 is 5.97 Å². The van der Waals surface area contributed by atoms with Crippen LogP contribution in [-0.2, 0) is 4.79 Å². The predicted octanol–water partition coefficient (Wildman–Crippen LogP) is 1.25. The summed E-state index contributed by atoms with van der Waals surface area (Å²) in [5.74, 6) is -1.69. The first kappa shape index (κ1) is 13.0. The topological polar surface area (TPSA) is 77.8 Å². The maximum Gasteiger partial charge on any atom is 0.323 e. The van der Waals surface area contributed by atoms with Gasteiger partial charge in [-0.1, -0.05) is 11.6 Å². The Kier molecular flexibility index (Phi) is 4.09. The van der Waals surface area contributed by atoms with Gasteiger partial charge < -0.3 is 15.1 Å². The van der Waals surface area contributed by atoms with Crippen LogP contribution in [0.4, 0.5) is 0 Å². The lowest BCUT2D eigenvalue weighted by Gasteiger charge is -2.19. The number of aromatic hydroxyl groups is 1. The van der Waals surface area contributed by atoms with Gasteiger partial charge in [-0.05, 0) is 26.0 Å². The molecule has 0 aliphatic rings. The van der Waals surface area contributed by atoms with Crippen molar-refractivity contribution in [2.24, 2.45) is 0 Å². The van der Waals surface area contributed by atoms with Crippen molar-refractivity contribution in [1.82, 2.24) is 4.90 Å². The van der Waals surface area contributed by atoms with Gasteiger partial charge in [0.2, 0.25) is 0 Å². The highest BCUT2D eigenvalue weighted by atomic mass is 16.4. The molecule has 5 nitrogen and oxygen atoms in total. The van der Waals surface area contributed by atoms with E-state index in [1.807, 2.05) is 0 Å². The number of carbonyl (C=O) groups excluding carboxylic acids is 1. The number of phenols is 1. The molecule has 0 aliphatic carbocycles. The van der Waals surface area contributed by atoms with E-state index < -0.39 is 11.9 Å². The largest absolute Gasteiger partial charge is 0.507 e. The van der Waals surface area contributed by atoms with E-state index in [-0.39, 0.29) is 24.4 Å². The highest BCUT2D eigenvalue weighted by Crippen LogP contribution is 2.19. The fourth-order valence-corrected chi connectivity index (χ4v) is 1.48. The molecular formula is C12H15NO4. The molecule has 0 atom stereocenters. The van der Waals surface area contributed by atoms with Crippen molar-refractivity contribution < 1.29 is 19.8 Å². The number of nitrogens with zero attached hydrogens (tertiary/aromatic N) is 1. The summed E-state index contributed by atoms with van der Waals surface area (Å²) >= 11 is 0. The summed E-state index contributed by atoms with van der Waals surface area (Å²) in [5.41, 5.74) is 0.964. The number of aryl methyl sites for hydroxylation is 1. The third-order valence-electron chi connectivity index (χ3n) is 2.38. The number of likely N-dealkylation sites (N-methyl/N-ethyl adjacent to an activating group) is 1. The Morgan fingerprint density at radius 2 is 2.00 bits per heavy atom. The van der Waals surface area contributed by atoms with Crippen LogP contribution in [-0.4, -0.2) is 40.1 Å². The highest BCUT2D eigenvalue weighted by Gasteiger charge is 2.19. The number of hydrogen-bond acceptors (Lipinski definition) is 3. The first-order valence-corrected chi connectivity index (χ1v) is 5.26. The van der Waals surface area contributed by atoms with Gasteiger partial charge in [0.05, 0.1) is 5.56 Å². The first-order chi connectivity index (χ1) is 7.95. The average molecular weight is 237 g/mol. The summed E-state index contributed by atoms with van der Waals surface area (Å²) in [7, 11) is 0. The van der Waals surface area contributed by atoms with Gasteiger partial charge in [0, 0.05) is 6.54 Å². The molecule has 2 N–H and O–H groups in total. The zero-order valence-electron chi connectivity index (χ0n) is 9.80. The maximum atomic E-state index is 12.0. The summed E-state index contributed by atoms with van der Waals surface area (Å²) in [6.45, 7) is 3.39. The number of carboxylic acids is 1. The molecule has 0 unspecified atom stereocenters. The second-order valence-electron chi connectivity index (χ2n) is 3.73. The number of carbonyl (C=O) groups is 2. The van der Waals surface area contributed by atoms with Crippen LogP contribution in [0.1, 0.15) is 22.8 Å². The van der Waals surface area contributed by atoms with Crippen molar-refractivity contribution in [3.05, 3.63) is 29.3 Å². The smallest absolute Gasteiger partial charge is 0.323 e. The van der Waals surface area contributed by atoms with E-state index in [4.69, 9.17) is 5.11 Å². The molecule has 0 radical (unpaired) electrons. The van der Waals surface area contributed by atoms with Crippen molar-refractivity contribution in [3.63, 3.8) is 0 Å². The first-order valence-electron chi connectivity index (χ1n) is 5.26. The van der Waals surface area contributed by atoms with Gasteiger partial charge in [-0.15, -0.1) is 0 Å². The fraction of sp³-hybridized carbons (Fsp3) is 0.333. The molecule has 1 aromatic carbocycles. The SMILES string of the molecule is CCN(CC(=O)O)C(=O)c1cc(C)ccc1O. The standard InChI is InChI=1S/C12H15NO4/c1-3-13(7-11(15)16)12(17)9-6-8(2)4-5-10(9)14/h4-6,14H,3,7H2,1-2H3,(H,15,16). The second kappa shape index (κ2) is 5.34. The molecule has 0 saturated carbocycles. The molecule has 0 aromatic heterocycles. The molecule has 1 rings (SSSR count). The average Bonchev–Trinajstić information content (AvgIpc) is 2.28. The number of rotatable bonds is 4. The molecule has 5 heteroatoms. The van der Waals surface area contributed by atoms with Crippen LogP contribution in [0.5, 0.6) is 5.75 Å². The quantitative estimate of drug-likeness (QED) is 0.826. The lowest BCUT2D eigenvalue weighted by molar-refractivity contribution is -0.137. The summed E-state index contributed by atoms with van der Waals surface area (Å²) in [5, 5.41) is 18.3. The molecule has 0 spiro atoms. The Bertz CT molecular complexity index is 442. The number of aliphatic carboxylic acids is 1. The van der Waals surface area contributed by atoms with Gasteiger partial charge in [-0.3, -0.25) is 9.59 Å². The number of amides is 1. The Morgan fingerprint density at radius 1 is 1.35 bits per heavy atom. The minimum Gasteiger partial charge on any atom is -0.507 e. The van der Waals surface area contributed by atoms with Crippen molar-refractivity contribution in [2.75, 3.05) is 13.1 Å². The molecule has 17 heavy (non-hydrogen) atoms. The zero-order valence-corrected chi connectivity index (χ0v) is 9.80. The number of benzene rings is 1. The molecule has 0 bridgehead atoms. The van der Waals surface area contributed by atoms with E-state index in [1.54, 1.807) is 26.0 Å². The Hall–Kier alpha value is -2.04. The molecule has 1 aromatic rings. The maximum absolute atomic E-state index is 12.0. The summed E-state index contributed by atoms with van der Waals surface area (Å²) in [6, 6.07) is 4.65. The normalized spacial score (nSPS) is 10.0. The van der Waals surface area contributed by atoms with E-state index in [1.165, 1.54) is 6.07 Å². The van der Waals surface area contributed by atoms with Crippen LogP contribution in [0.15, 0.2) is 18.2 Å². The Labute approximate surface area is 99.3 Å². The second-order valence-corrected chi connectivity index (χ2v) is 3.73. The third-order valence-corrected chi connectivity index (χ3v) is 2.38. The van der Waals surface area contributed by atoms with Crippen molar-refractivity contribution in [3.8, 4) is 5.75 Å². The molecular weight excluding hydrogens is 222 g/mol. The summed E-state index contributed by atoms with van der Waals surface area (Å²) < 4.78 is 0. The monoisotopic (exact) mass is 237 g/mol. The van der Waals surface area contributed by atoms with Crippen LogP contribution in [0.2, 0.25) is 0 Å². The Balaban J connectivity index is 3.01. The van der Waals surface area contributed by atoms with E-state index in [9.17, 15) is 14.7 Å². The molecule has 0 saturated heterocycles. The van der Waals surface area contributed by atoms with E-state index in [0.29, 0.717) is 0 Å². The Morgan fingerprint density at radius 3 is 2.53 bits per heavy atom. The van der Waals surface area contributed by atoms with Crippen molar-refractivity contribution in [1.29, 1.82) is 0 Å². The van der Waals surface area contributed by atoms with Crippen LogP contribution in [0.25, 0.3) is 0 Å². The van der Waals surface area contributed by atoms with Crippen LogP contribution >= 0.6 is 0 Å². The highest BCUT2D eigenvalue weighted by molar-refractivity contribution is 5.98. The minimum absolute atomic E-state index is 0.133. The number of phenolic OH excluding ortho intramolecular Hbond substituents is 1. The molecule has 0 fully saturated rings. The molecule has 92 valence electrons. The summed E-state index contributed by atoms with van der Waals surface area (Å²) in [6.07, 6.45) is 0. The lowest BCUT2D eigenvalue weighted by atomic mass is 10.1. The van der Waals surface area contributed by atoms with Gasteiger partial charge in [0.1, 0.15) is 12.3 Å². The van der Waals surface area contributed by atoms with Crippen LogP contribution in [0, 0.1) is 6.92 Å². The van der Waals surface area contributed by atoms with Gasteiger partial charge in [0.15, 0.2) is 0 Å². The summed E-state index contributed by atoms with van der Waals surface area (Å²) in [4.78, 5) is 23.8. The van der Waals surface area contributed by atoms with Crippen molar-refractivity contribution in [2.45, 2.75) is 13.8 Å². The van der Waals surface area contributed by atoms with E-state index in [0.717, 1.165) is 10.5 Å². The fourth-order valence-electron chi connectivity index (χ4n) is 1.48. The lowest BCUT2D eigenvalue weighted by Crippen LogP contribution is -2.35. The predicted molar refractivity (Wildman–Crippen MR) is 62.1 cm³/mol. The van der Waals surface area contributed by atoms with E-state index >= 15 is 0 Å². The minimum atomic E-state index is -1.08. The van der Waals surface area contributed by atoms with E-state index in [2.05, 4.69) is 0 Å². The molecule has 0 aliphatic heterocycles. The molecule has 1 amide bonds. The number of hydrogen-bond donors (Lipinski definition) is 2. The van der Waals surface area contributed by atoms with Crippen LogP contribution < -0.4 is 0 Å². The number of carboxylic acid groups (broad SMARTS) is 1. The van der Waals surface area contributed by atoms with Crippen LogP contribution in [0.3, 0.4) is 0 Å². The van der Waals surface area contributed by atoms with Crippen molar-refractivity contribution >= 4 is 11.9 Å². The van der Waals surface area contributed by atoms with Gasteiger partial charge in [-0.25, -0.2) is 0 Å². The van der Waals surface area contributed by atoms with Gasteiger partial charge in [-0.2, -0.15) is 0 Å². The third kappa shape index (κ3) is 3.21. The molecule has 0 heterocycles. The zero-order chi connectivity index (χ0) is 13.0.